The van der Waals surface area contributed by atoms with Crippen molar-refractivity contribution >= 4 is 11.7 Å². The number of aromatic nitrogens is 3. The van der Waals surface area contributed by atoms with Gasteiger partial charge in [-0.05, 0) is 30.7 Å². The van der Waals surface area contributed by atoms with Gasteiger partial charge in [0.1, 0.15) is 5.82 Å². The number of amides is 1. The van der Waals surface area contributed by atoms with Gasteiger partial charge >= 0.3 is 0 Å². The highest BCUT2D eigenvalue weighted by Crippen LogP contribution is 2.06. The van der Waals surface area contributed by atoms with Crippen molar-refractivity contribution in [3.05, 3.63) is 47.4 Å². The summed E-state index contributed by atoms with van der Waals surface area (Å²) in [6.07, 6.45) is 1.82. The number of nitrogens with zero attached hydrogens (tertiary/aromatic N) is 4. The molecular formula is C14H17N5O. The maximum atomic E-state index is 11.7. The number of hydrogen-bond donors (Lipinski definition) is 1. The van der Waals surface area contributed by atoms with Crippen LogP contribution in [0.4, 0.5) is 5.82 Å². The van der Waals surface area contributed by atoms with Gasteiger partial charge in [-0.3, -0.25) is 9.78 Å². The summed E-state index contributed by atoms with van der Waals surface area (Å²) in [5.74, 6) is 0.465. The molecule has 2 rings (SSSR count). The van der Waals surface area contributed by atoms with Gasteiger partial charge in [0.2, 0.25) is 0 Å². The average Bonchev–Trinajstić information content (AvgIpc) is 2.46. The maximum Gasteiger partial charge on any atom is 0.273 e. The highest BCUT2D eigenvalue weighted by Gasteiger charge is 2.09. The number of anilines is 1. The molecule has 0 atom stereocenters. The van der Waals surface area contributed by atoms with Gasteiger partial charge < -0.3 is 10.2 Å². The van der Waals surface area contributed by atoms with Crippen molar-refractivity contribution in [2.24, 2.45) is 0 Å². The molecule has 2 heterocycles. The molecule has 0 spiro atoms. The third kappa shape index (κ3) is 3.50. The summed E-state index contributed by atoms with van der Waals surface area (Å²) in [7, 11) is 3.36. The second kappa shape index (κ2) is 6.10. The average molecular weight is 271 g/mol. The van der Waals surface area contributed by atoms with Crippen LogP contribution in [0.5, 0.6) is 0 Å². The van der Waals surface area contributed by atoms with Gasteiger partial charge in [-0.15, -0.1) is 10.2 Å². The summed E-state index contributed by atoms with van der Waals surface area (Å²) in [5.41, 5.74) is 2.38. The third-order valence-corrected chi connectivity index (χ3v) is 2.74. The van der Waals surface area contributed by atoms with Gasteiger partial charge in [-0.25, -0.2) is 0 Å². The number of nitrogens with one attached hydrogen (secondary N) is 1. The van der Waals surface area contributed by atoms with Crippen LogP contribution in [0.1, 0.15) is 21.7 Å². The zero-order valence-electron chi connectivity index (χ0n) is 11.8. The van der Waals surface area contributed by atoms with Crippen LogP contribution in [-0.2, 0) is 6.54 Å². The van der Waals surface area contributed by atoms with E-state index < -0.39 is 0 Å². The Labute approximate surface area is 117 Å². The number of carbonyl (C=O) groups excluding carboxylic acids is 1. The number of rotatable bonds is 4. The summed E-state index contributed by atoms with van der Waals surface area (Å²) in [6, 6.07) is 7.37. The quantitative estimate of drug-likeness (QED) is 0.912. The second-order valence-corrected chi connectivity index (χ2v) is 4.66. The molecule has 0 unspecified atom stereocenters. The van der Waals surface area contributed by atoms with Crippen molar-refractivity contribution in [2.75, 3.05) is 19.4 Å². The van der Waals surface area contributed by atoms with Gasteiger partial charge in [0.25, 0.3) is 5.91 Å². The highest BCUT2D eigenvalue weighted by atomic mass is 16.2. The summed E-state index contributed by atoms with van der Waals surface area (Å²) in [5, 5.41) is 11.0. The Morgan fingerprint density at radius 2 is 2.00 bits per heavy atom. The Hall–Kier alpha value is -2.50. The van der Waals surface area contributed by atoms with Crippen molar-refractivity contribution < 1.29 is 4.79 Å². The summed E-state index contributed by atoms with van der Waals surface area (Å²) < 4.78 is 0. The van der Waals surface area contributed by atoms with Gasteiger partial charge in [-0.1, -0.05) is 6.07 Å². The molecule has 0 aromatic carbocycles. The van der Waals surface area contributed by atoms with E-state index in [1.54, 1.807) is 26.2 Å². The van der Waals surface area contributed by atoms with Gasteiger partial charge in [-0.2, -0.15) is 0 Å². The minimum absolute atomic E-state index is 0.160. The summed E-state index contributed by atoms with van der Waals surface area (Å²) >= 11 is 0. The normalized spacial score (nSPS) is 10.2. The molecule has 6 nitrogen and oxygen atoms in total. The number of pyridine rings is 1. The molecule has 0 radical (unpaired) electrons. The first-order chi connectivity index (χ1) is 9.56. The van der Waals surface area contributed by atoms with Crippen molar-refractivity contribution in [1.82, 2.24) is 20.1 Å². The molecule has 0 saturated heterocycles. The lowest BCUT2D eigenvalue weighted by atomic mass is 10.2. The molecule has 0 aliphatic rings. The van der Waals surface area contributed by atoms with Crippen molar-refractivity contribution in [2.45, 2.75) is 13.5 Å². The smallest absolute Gasteiger partial charge is 0.273 e. The Bertz CT molecular complexity index is 578. The molecule has 104 valence electrons. The van der Waals surface area contributed by atoms with Crippen LogP contribution < -0.4 is 5.32 Å². The lowest BCUT2D eigenvalue weighted by Crippen LogP contribution is -2.23. The zero-order valence-corrected chi connectivity index (χ0v) is 11.8. The molecule has 6 heteroatoms. The maximum absolute atomic E-state index is 11.7. The van der Waals surface area contributed by atoms with Crippen molar-refractivity contribution in [3.8, 4) is 0 Å². The largest absolute Gasteiger partial charge is 0.364 e. The van der Waals surface area contributed by atoms with Gasteiger partial charge in [0, 0.05) is 32.5 Å². The van der Waals surface area contributed by atoms with E-state index in [0.29, 0.717) is 18.1 Å². The standard InChI is InChI=1S/C14H17N5O/c1-10-4-5-11(8-15-10)9-16-13-7-6-12(17-18-13)14(20)19(2)3/h4-8H,9H2,1-3H3,(H,16,18). The minimum atomic E-state index is -0.160. The molecule has 0 saturated carbocycles. The highest BCUT2D eigenvalue weighted by molar-refractivity contribution is 5.91. The van der Waals surface area contributed by atoms with Gasteiger partial charge in [0.05, 0.1) is 0 Å². The second-order valence-electron chi connectivity index (χ2n) is 4.66. The van der Waals surface area contributed by atoms with Gasteiger partial charge in [0.15, 0.2) is 5.69 Å². The van der Waals surface area contributed by atoms with E-state index in [2.05, 4.69) is 20.5 Å². The van der Waals surface area contributed by atoms with Crippen molar-refractivity contribution in [3.63, 3.8) is 0 Å². The van der Waals surface area contributed by atoms with E-state index >= 15 is 0 Å². The van der Waals surface area contributed by atoms with Crippen LogP contribution in [0.3, 0.4) is 0 Å². The van der Waals surface area contributed by atoms with Crippen molar-refractivity contribution in [1.29, 1.82) is 0 Å². The summed E-state index contributed by atoms with van der Waals surface area (Å²) in [6.45, 7) is 2.56. The third-order valence-electron chi connectivity index (χ3n) is 2.74. The predicted octanol–water partition coefficient (Wildman–Crippen LogP) is 1.49. The van der Waals surface area contributed by atoms with E-state index in [0.717, 1.165) is 11.3 Å². The Morgan fingerprint density at radius 1 is 1.20 bits per heavy atom. The topological polar surface area (TPSA) is 71.0 Å². The van der Waals surface area contributed by atoms with E-state index in [4.69, 9.17) is 0 Å². The molecule has 2 aromatic heterocycles. The lowest BCUT2D eigenvalue weighted by molar-refractivity contribution is 0.0821. The van der Waals surface area contributed by atoms with Crippen LogP contribution in [0.2, 0.25) is 0 Å². The van der Waals surface area contributed by atoms with Crippen LogP contribution in [0.15, 0.2) is 30.5 Å². The van der Waals surface area contributed by atoms with E-state index in [-0.39, 0.29) is 5.91 Å². The Morgan fingerprint density at radius 3 is 2.55 bits per heavy atom. The zero-order chi connectivity index (χ0) is 14.5. The molecule has 0 fully saturated rings. The molecule has 1 amide bonds. The Balaban J connectivity index is 1.97. The molecule has 0 aliphatic heterocycles. The molecular weight excluding hydrogens is 254 g/mol. The minimum Gasteiger partial charge on any atom is -0.364 e. The molecule has 20 heavy (non-hydrogen) atoms. The Kier molecular flexibility index (Phi) is 4.24. The molecule has 0 aliphatic carbocycles. The number of aryl methyl sites for hydroxylation is 1. The van der Waals surface area contributed by atoms with E-state index in [9.17, 15) is 4.79 Å². The first-order valence-electron chi connectivity index (χ1n) is 6.27. The number of hydrogen-bond acceptors (Lipinski definition) is 5. The molecule has 2 aromatic rings. The number of carbonyl (C=O) groups is 1. The fourth-order valence-corrected chi connectivity index (χ4v) is 1.57. The van der Waals surface area contributed by atoms with E-state index in [1.165, 1.54) is 4.90 Å². The van der Waals surface area contributed by atoms with Crippen LogP contribution in [-0.4, -0.2) is 40.1 Å². The SMILES string of the molecule is Cc1ccc(CNc2ccc(C(=O)N(C)C)nn2)cn1. The summed E-state index contributed by atoms with van der Waals surface area (Å²) in [4.78, 5) is 17.4. The first kappa shape index (κ1) is 13.9. The van der Waals surface area contributed by atoms with Crippen LogP contribution in [0.25, 0.3) is 0 Å². The molecule has 0 bridgehead atoms. The van der Waals surface area contributed by atoms with Crippen LogP contribution >= 0.6 is 0 Å². The first-order valence-corrected chi connectivity index (χ1v) is 6.27. The predicted molar refractivity (Wildman–Crippen MR) is 76.4 cm³/mol. The van der Waals surface area contributed by atoms with Crippen LogP contribution in [0, 0.1) is 6.92 Å². The fourth-order valence-electron chi connectivity index (χ4n) is 1.57. The fraction of sp³-hybridized carbons (Fsp3) is 0.286. The molecule has 1 N–H and O–H groups in total. The monoisotopic (exact) mass is 271 g/mol. The van der Waals surface area contributed by atoms with E-state index in [1.807, 2.05) is 25.3 Å². The lowest BCUT2D eigenvalue weighted by Gasteiger charge is -2.09.